The van der Waals surface area contributed by atoms with Crippen molar-refractivity contribution in [2.75, 3.05) is 0 Å². The number of amides is 1. The summed E-state index contributed by atoms with van der Waals surface area (Å²) in [6.45, 7) is 7.38. The highest BCUT2D eigenvalue weighted by Crippen LogP contribution is 2.19. The molecule has 0 bridgehead atoms. The molecule has 0 fully saturated rings. The molecule has 0 aromatic heterocycles. The molecule has 1 atom stereocenters. The zero-order valence-electron chi connectivity index (χ0n) is 9.29. The summed E-state index contributed by atoms with van der Waals surface area (Å²) in [6.07, 6.45) is 0.781. The number of hydrogen-bond donors (Lipinski definition) is 1. The average Bonchev–Trinajstić information content (AvgIpc) is 2.17. The lowest BCUT2D eigenvalue weighted by Crippen LogP contribution is -2.26. The zero-order chi connectivity index (χ0) is 11.3. The van der Waals surface area contributed by atoms with Crippen LogP contribution in [0.2, 0.25) is 0 Å². The molecule has 0 spiro atoms. The molecule has 1 amide bonds. The van der Waals surface area contributed by atoms with Crippen LogP contribution < -0.4 is 5.32 Å². The van der Waals surface area contributed by atoms with Crippen LogP contribution in [0.4, 0.5) is 0 Å². The van der Waals surface area contributed by atoms with E-state index in [-0.39, 0.29) is 11.9 Å². The van der Waals surface area contributed by atoms with Gasteiger partial charge in [-0.25, -0.2) is 0 Å². The van der Waals surface area contributed by atoms with E-state index in [2.05, 4.69) is 11.9 Å². The normalized spacial score (nSPS) is 11.9. The van der Waals surface area contributed by atoms with Gasteiger partial charge in [0.1, 0.15) is 0 Å². The fraction of sp³-hybridized carbons (Fsp3) is 0.308. The summed E-state index contributed by atoms with van der Waals surface area (Å²) < 4.78 is 0. The van der Waals surface area contributed by atoms with E-state index < -0.39 is 0 Å². The van der Waals surface area contributed by atoms with Crippen molar-refractivity contribution in [2.24, 2.45) is 0 Å². The van der Waals surface area contributed by atoms with Crippen molar-refractivity contribution in [1.82, 2.24) is 5.32 Å². The second-order valence-corrected chi connectivity index (χ2v) is 3.83. The molecule has 1 rings (SSSR count). The van der Waals surface area contributed by atoms with Crippen molar-refractivity contribution in [1.29, 1.82) is 0 Å². The summed E-state index contributed by atoms with van der Waals surface area (Å²) >= 11 is 0. The van der Waals surface area contributed by atoms with Crippen LogP contribution in [0, 0.1) is 0 Å². The Kier molecular flexibility index (Phi) is 4.10. The standard InChI is InChI=1S/C13H17NO/c1-10(2)9-13(14-11(3)15)12-7-5-4-6-8-12/h4-8,13H,1,9H2,2-3H3,(H,14,15). The predicted molar refractivity (Wildman–Crippen MR) is 62.4 cm³/mol. The Labute approximate surface area is 91.0 Å². The van der Waals surface area contributed by atoms with E-state index in [0.29, 0.717) is 0 Å². The van der Waals surface area contributed by atoms with Crippen LogP contribution in [0.25, 0.3) is 0 Å². The maximum atomic E-state index is 11.1. The Hall–Kier alpha value is -1.57. The molecular formula is C13H17NO. The summed E-state index contributed by atoms with van der Waals surface area (Å²) in [6, 6.07) is 9.99. The SMILES string of the molecule is C=C(C)CC(NC(C)=O)c1ccccc1. The molecule has 0 aliphatic heterocycles. The Balaban J connectivity index is 2.81. The van der Waals surface area contributed by atoms with Crippen LogP contribution >= 0.6 is 0 Å². The fourth-order valence-corrected chi connectivity index (χ4v) is 1.53. The molecule has 2 nitrogen and oxygen atoms in total. The first-order chi connectivity index (χ1) is 7.09. The highest BCUT2D eigenvalue weighted by Gasteiger charge is 2.11. The van der Waals surface area contributed by atoms with E-state index >= 15 is 0 Å². The largest absolute Gasteiger partial charge is 0.349 e. The molecule has 0 aliphatic carbocycles. The van der Waals surface area contributed by atoms with Crippen molar-refractivity contribution < 1.29 is 4.79 Å². The lowest BCUT2D eigenvalue weighted by atomic mass is 10.0. The van der Waals surface area contributed by atoms with Crippen LogP contribution in [-0.2, 0) is 4.79 Å². The first-order valence-electron chi connectivity index (χ1n) is 5.06. The molecule has 1 aromatic carbocycles. The molecular weight excluding hydrogens is 186 g/mol. The molecule has 0 heterocycles. The molecule has 1 unspecified atom stereocenters. The van der Waals surface area contributed by atoms with Crippen molar-refractivity contribution in [3.8, 4) is 0 Å². The van der Waals surface area contributed by atoms with E-state index in [1.165, 1.54) is 6.92 Å². The smallest absolute Gasteiger partial charge is 0.217 e. The lowest BCUT2D eigenvalue weighted by molar-refractivity contribution is -0.119. The highest BCUT2D eigenvalue weighted by atomic mass is 16.1. The summed E-state index contributed by atoms with van der Waals surface area (Å²) in [7, 11) is 0. The Morgan fingerprint density at radius 2 is 1.93 bits per heavy atom. The van der Waals surface area contributed by atoms with E-state index in [1.807, 2.05) is 37.3 Å². The van der Waals surface area contributed by atoms with Crippen LogP contribution in [0.5, 0.6) is 0 Å². The third-order valence-corrected chi connectivity index (χ3v) is 2.13. The quantitative estimate of drug-likeness (QED) is 0.749. The highest BCUT2D eigenvalue weighted by molar-refractivity contribution is 5.73. The molecule has 0 saturated carbocycles. The zero-order valence-corrected chi connectivity index (χ0v) is 9.29. The second kappa shape index (κ2) is 5.35. The first-order valence-corrected chi connectivity index (χ1v) is 5.06. The average molecular weight is 203 g/mol. The summed E-state index contributed by atoms with van der Waals surface area (Å²) in [5.74, 6) is -0.00916. The number of nitrogens with one attached hydrogen (secondary N) is 1. The molecule has 2 heteroatoms. The van der Waals surface area contributed by atoms with Crippen LogP contribution in [0.3, 0.4) is 0 Å². The number of hydrogen-bond acceptors (Lipinski definition) is 1. The van der Waals surface area contributed by atoms with Gasteiger partial charge in [0.2, 0.25) is 5.91 Å². The summed E-state index contributed by atoms with van der Waals surface area (Å²) in [4.78, 5) is 11.1. The van der Waals surface area contributed by atoms with Gasteiger partial charge in [-0.15, -0.1) is 6.58 Å². The van der Waals surface area contributed by atoms with Gasteiger partial charge < -0.3 is 5.32 Å². The van der Waals surface area contributed by atoms with Gasteiger partial charge in [-0.05, 0) is 18.9 Å². The van der Waals surface area contributed by atoms with Gasteiger partial charge in [-0.1, -0.05) is 35.9 Å². The van der Waals surface area contributed by atoms with Crippen molar-refractivity contribution >= 4 is 5.91 Å². The first kappa shape index (κ1) is 11.5. The third-order valence-electron chi connectivity index (χ3n) is 2.13. The Bertz CT molecular complexity index is 327. The summed E-state index contributed by atoms with van der Waals surface area (Å²) in [5.41, 5.74) is 2.19. The molecule has 0 saturated heterocycles. The fourth-order valence-electron chi connectivity index (χ4n) is 1.53. The minimum atomic E-state index is -0.00916. The van der Waals surface area contributed by atoms with E-state index in [9.17, 15) is 4.79 Å². The van der Waals surface area contributed by atoms with E-state index in [0.717, 1.165) is 17.6 Å². The van der Waals surface area contributed by atoms with Crippen molar-refractivity contribution in [3.05, 3.63) is 48.0 Å². The van der Waals surface area contributed by atoms with E-state index in [4.69, 9.17) is 0 Å². The number of benzene rings is 1. The molecule has 0 aliphatic rings. The lowest BCUT2D eigenvalue weighted by Gasteiger charge is -2.18. The third kappa shape index (κ3) is 3.98. The minimum absolute atomic E-state index is 0.00916. The van der Waals surface area contributed by atoms with Gasteiger partial charge >= 0.3 is 0 Å². The Morgan fingerprint density at radius 1 is 1.33 bits per heavy atom. The van der Waals surface area contributed by atoms with Crippen LogP contribution in [0.15, 0.2) is 42.5 Å². The van der Waals surface area contributed by atoms with Gasteiger partial charge in [0, 0.05) is 6.92 Å². The number of carbonyl (C=O) groups excluding carboxylic acids is 1. The van der Waals surface area contributed by atoms with Crippen molar-refractivity contribution in [3.63, 3.8) is 0 Å². The molecule has 15 heavy (non-hydrogen) atoms. The molecule has 1 N–H and O–H groups in total. The van der Waals surface area contributed by atoms with Gasteiger partial charge in [0.05, 0.1) is 6.04 Å². The maximum Gasteiger partial charge on any atom is 0.217 e. The molecule has 0 radical (unpaired) electrons. The van der Waals surface area contributed by atoms with E-state index in [1.54, 1.807) is 0 Å². The Morgan fingerprint density at radius 3 is 2.40 bits per heavy atom. The topological polar surface area (TPSA) is 29.1 Å². The van der Waals surface area contributed by atoms with Gasteiger partial charge in [-0.3, -0.25) is 4.79 Å². The van der Waals surface area contributed by atoms with Gasteiger partial charge in [0.25, 0.3) is 0 Å². The second-order valence-electron chi connectivity index (χ2n) is 3.83. The molecule has 1 aromatic rings. The maximum absolute atomic E-state index is 11.1. The van der Waals surface area contributed by atoms with Crippen LogP contribution in [-0.4, -0.2) is 5.91 Å². The summed E-state index contributed by atoms with van der Waals surface area (Å²) in [5, 5.41) is 2.93. The van der Waals surface area contributed by atoms with Crippen molar-refractivity contribution in [2.45, 2.75) is 26.3 Å². The predicted octanol–water partition coefficient (Wildman–Crippen LogP) is 2.83. The van der Waals surface area contributed by atoms with Gasteiger partial charge in [-0.2, -0.15) is 0 Å². The van der Waals surface area contributed by atoms with Gasteiger partial charge in [0.15, 0.2) is 0 Å². The number of rotatable bonds is 4. The monoisotopic (exact) mass is 203 g/mol. The minimum Gasteiger partial charge on any atom is -0.349 e. The van der Waals surface area contributed by atoms with Crippen LogP contribution in [0.1, 0.15) is 31.9 Å². The molecule has 80 valence electrons. The number of carbonyl (C=O) groups is 1.